The third-order valence-corrected chi connectivity index (χ3v) is 4.61. The molecule has 1 aliphatic rings. The Balaban J connectivity index is 2.24. The first kappa shape index (κ1) is 15.9. The van der Waals surface area contributed by atoms with Gasteiger partial charge < -0.3 is 11.1 Å². The zero-order valence-corrected chi connectivity index (χ0v) is 13.1. The van der Waals surface area contributed by atoms with Gasteiger partial charge >= 0.3 is 0 Å². The highest BCUT2D eigenvalue weighted by Gasteiger charge is 2.35. The Morgan fingerprint density at radius 1 is 1.29 bits per heavy atom. The molecule has 0 bridgehead atoms. The van der Waals surface area contributed by atoms with Crippen LogP contribution in [-0.2, 0) is 0 Å². The lowest BCUT2D eigenvalue weighted by molar-refractivity contribution is 0.0917. The van der Waals surface area contributed by atoms with Crippen molar-refractivity contribution in [2.24, 2.45) is 5.73 Å². The van der Waals surface area contributed by atoms with Crippen molar-refractivity contribution >= 4 is 23.1 Å². The van der Waals surface area contributed by atoms with Gasteiger partial charge in [0.15, 0.2) is 0 Å². The minimum Gasteiger partial charge on any atom is -0.391 e. The first-order valence-electron chi connectivity index (χ1n) is 7.33. The second-order valence-corrected chi connectivity index (χ2v) is 6.21. The Hall–Kier alpha value is -1.49. The van der Waals surface area contributed by atoms with Gasteiger partial charge in [-0.15, -0.1) is 0 Å². The zero-order valence-electron chi connectivity index (χ0n) is 12.2. The molecule has 0 unspecified atom stereocenters. The van der Waals surface area contributed by atoms with Crippen LogP contribution in [0, 0.1) is 12.7 Å². The molecule has 1 fully saturated rings. The molecule has 1 saturated carbocycles. The highest BCUT2D eigenvalue weighted by atomic mass is 32.1. The summed E-state index contributed by atoms with van der Waals surface area (Å²) < 4.78 is 13.2. The molecule has 0 aromatic heterocycles. The van der Waals surface area contributed by atoms with Crippen LogP contribution in [0.2, 0.25) is 0 Å². The van der Waals surface area contributed by atoms with Crippen molar-refractivity contribution in [2.45, 2.75) is 51.0 Å². The van der Waals surface area contributed by atoms with E-state index in [0.29, 0.717) is 16.1 Å². The summed E-state index contributed by atoms with van der Waals surface area (Å²) in [5.41, 5.74) is 6.39. The van der Waals surface area contributed by atoms with Crippen molar-refractivity contribution in [3.63, 3.8) is 0 Å². The highest BCUT2D eigenvalue weighted by molar-refractivity contribution is 7.80. The standard InChI is InChI=1S/C16H21FN2OS/c1-11-10-12(17)6-7-13(11)14(20)19-16(15(18)21)8-4-2-3-5-9-16/h6-7,10H,2-5,8-9H2,1H3,(H2,18,21)(H,19,20). The summed E-state index contributed by atoms with van der Waals surface area (Å²) in [5.74, 6) is -0.579. The summed E-state index contributed by atoms with van der Waals surface area (Å²) in [6, 6.07) is 4.15. The molecule has 1 amide bonds. The van der Waals surface area contributed by atoms with Crippen LogP contribution in [0.3, 0.4) is 0 Å². The van der Waals surface area contributed by atoms with Crippen molar-refractivity contribution in [3.05, 3.63) is 35.1 Å². The average molecular weight is 308 g/mol. The van der Waals surface area contributed by atoms with Crippen molar-refractivity contribution in [3.8, 4) is 0 Å². The summed E-state index contributed by atoms with van der Waals surface area (Å²) in [5, 5.41) is 3.02. The van der Waals surface area contributed by atoms with Gasteiger partial charge in [0, 0.05) is 5.56 Å². The normalized spacial score (nSPS) is 17.8. The number of hydrogen-bond donors (Lipinski definition) is 2. The number of nitrogens with one attached hydrogen (secondary N) is 1. The van der Waals surface area contributed by atoms with E-state index < -0.39 is 5.54 Å². The van der Waals surface area contributed by atoms with Crippen LogP contribution in [0.4, 0.5) is 4.39 Å². The molecule has 0 radical (unpaired) electrons. The second-order valence-electron chi connectivity index (χ2n) is 5.77. The number of benzene rings is 1. The van der Waals surface area contributed by atoms with Crippen LogP contribution in [0.5, 0.6) is 0 Å². The molecule has 3 nitrogen and oxygen atoms in total. The maximum atomic E-state index is 13.2. The van der Waals surface area contributed by atoms with E-state index >= 15 is 0 Å². The third-order valence-electron chi connectivity index (χ3n) is 4.21. The first-order valence-corrected chi connectivity index (χ1v) is 7.74. The van der Waals surface area contributed by atoms with E-state index in [4.69, 9.17) is 18.0 Å². The van der Waals surface area contributed by atoms with E-state index in [2.05, 4.69) is 5.32 Å². The minimum absolute atomic E-state index is 0.234. The summed E-state index contributed by atoms with van der Waals surface area (Å²) in [4.78, 5) is 12.9. The predicted molar refractivity (Wildman–Crippen MR) is 85.8 cm³/mol. The minimum atomic E-state index is -0.607. The van der Waals surface area contributed by atoms with E-state index in [1.54, 1.807) is 6.92 Å². The Morgan fingerprint density at radius 3 is 2.43 bits per heavy atom. The number of carbonyl (C=O) groups is 1. The van der Waals surface area contributed by atoms with Crippen molar-refractivity contribution in [1.29, 1.82) is 0 Å². The van der Waals surface area contributed by atoms with Gasteiger partial charge in [0.1, 0.15) is 5.82 Å². The Labute approximate surface area is 130 Å². The summed E-state index contributed by atoms with van der Waals surface area (Å²) in [6.07, 6.45) is 5.81. The Kier molecular flexibility index (Phi) is 4.93. The predicted octanol–water partition coefficient (Wildman–Crippen LogP) is 3.24. The monoisotopic (exact) mass is 308 g/mol. The highest BCUT2D eigenvalue weighted by Crippen LogP contribution is 2.28. The molecule has 114 valence electrons. The maximum absolute atomic E-state index is 13.2. The van der Waals surface area contributed by atoms with Crippen LogP contribution in [-0.4, -0.2) is 16.4 Å². The van der Waals surface area contributed by atoms with Gasteiger partial charge in [0.25, 0.3) is 5.91 Å². The smallest absolute Gasteiger partial charge is 0.252 e. The largest absolute Gasteiger partial charge is 0.391 e. The Bertz CT molecular complexity index is 551. The van der Waals surface area contributed by atoms with Gasteiger partial charge in [-0.1, -0.05) is 37.9 Å². The summed E-state index contributed by atoms with van der Waals surface area (Å²) in [7, 11) is 0. The molecule has 0 aliphatic heterocycles. The average Bonchev–Trinajstić information content (AvgIpc) is 2.65. The molecule has 0 atom stereocenters. The van der Waals surface area contributed by atoms with Gasteiger partial charge in [0.05, 0.1) is 10.5 Å². The SMILES string of the molecule is Cc1cc(F)ccc1C(=O)NC1(C(N)=S)CCCCCC1. The van der Waals surface area contributed by atoms with E-state index in [-0.39, 0.29) is 11.7 Å². The zero-order chi connectivity index (χ0) is 15.5. The van der Waals surface area contributed by atoms with Crippen LogP contribution in [0.15, 0.2) is 18.2 Å². The number of hydrogen-bond acceptors (Lipinski definition) is 2. The fourth-order valence-corrected chi connectivity index (χ4v) is 3.19. The number of halogens is 1. The molecule has 1 aliphatic carbocycles. The molecule has 1 aromatic rings. The number of thiocarbonyl (C=S) groups is 1. The van der Waals surface area contributed by atoms with Gasteiger partial charge in [0.2, 0.25) is 0 Å². The fourth-order valence-electron chi connectivity index (χ4n) is 2.93. The van der Waals surface area contributed by atoms with Gasteiger partial charge in [-0.05, 0) is 43.5 Å². The number of nitrogens with two attached hydrogens (primary N) is 1. The van der Waals surface area contributed by atoms with Gasteiger partial charge in [-0.3, -0.25) is 4.79 Å². The topological polar surface area (TPSA) is 55.1 Å². The van der Waals surface area contributed by atoms with Crippen LogP contribution in [0.25, 0.3) is 0 Å². The van der Waals surface area contributed by atoms with E-state index in [0.717, 1.165) is 38.5 Å². The van der Waals surface area contributed by atoms with Gasteiger partial charge in [-0.25, -0.2) is 4.39 Å². The molecule has 1 aromatic carbocycles. The Morgan fingerprint density at radius 2 is 1.90 bits per heavy atom. The molecule has 0 spiro atoms. The molecule has 0 saturated heterocycles. The maximum Gasteiger partial charge on any atom is 0.252 e. The number of carbonyl (C=O) groups excluding carboxylic acids is 1. The number of aryl methyl sites for hydroxylation is 1. The number of amides is 1. The summed E-state index contributed by atoms with van der Waals surface area (Å²) in [6.45, 7) is 1.72. The fraction of sp³-hybridized carbons (Fsp3) is 0.500. The summed E-state index contributed by atoms with van der Waals surface area (Å²) >= 11 is 5.21. The van der Waals surface area contributed by atoms with E-state index in [1.165, 1.54) is 18.2 Å². The molecule has 2 rings (SSSR count). The molecule has 3 N–H and O–H groups in total. The second kappa shape index (κ2) is 6.52. The molecule has 21 heavy (non-hydrogen) atoms. The first-order chi connectivity index (χ1) is 9.94. The van der Waals surface area contributed by atoms with E-state index in [1.807, 2.05) is 0 Å². The van der Waals surface area contributed by atoms with Crippen molar-refractivity contribution < 1.29 is 9.18 Å². The molecule has 5 heteroatoms. The number of rotatable bonds is 3. The van der Waals surface area contributed by atoms with Crippen molar-refractivity contribution in [1.82, 2.24) is 5.32 Å². The van der Waals surface area contributed by atoms with Gasteiger partial charge in [-0.2, -0.15) is 0 Å². The lowest BCUT2D eigenvalue weighted by Crippen LogP contribution is -2.56. The van der Waals surface area contributed by atoms with E-state index in [9.17, 15) is 9.18 Å². The third kappa shape index (κ3) is 3.59. The van der Waals surface area contributed by atoms with Crippen LogP contribution in [0.1, 0.15) is 54.4 Å². The van der Waals surface area contributed by atoms with Crippen molar-refractivity contribution in [2.75, 3.05) is 0 Å². The molecular formula is C16H21FN2OS. The molecule has 0 heterocycles. The van der Waals surface area contributed by atoms with Crippen LogP contribution < -0.4 is 11.1 Å². The van der Waals surface area contributed by atoms with Crippen LogP contribution >= 0.6 is 12.2 Å². The lowest BCUT2D eigenvalue weighted by atomic mass is 9.89. The molecular weight excluding hydrogens is 287 g/mol. The lowest BCUT2D eigenvalue weighted by Gasteiger charge is -2.33. The quantitative estimate of drug-likeness (QED) is 0.666.